The van der Waals surface area contributed by atoms with E-state index in [-0.39, 0.29) is 0 Å². The van der Waals surface area contributed by atoms with Gasteiger partial charge < -0.3 is 10.1 Å². The second-order valence-electron chi connectivity index (χ2n) is 5.86. The van der Waals surface area contributed by atoms with Gasteiger partial charge in [-0.2, -0.15) is 5.10 Å². The summed E-state index contributed by atoms with van der Waals surface area (Å²) in [6, 6.07) is 0.603. The quantitative estimate of drug-likeness (QED) is 0.857. The van der Waals surface area contributed by atoms with Gasteiger partial charge in [-0.3, -0.25) is 0 Å². The van der Waals surface area contributed by atoms with Crippen molar-refractivity contribution in [2.45, 2.75) is 45.1 Å². The summed E-state index contributed by atoms with van der Waals surface area (Å²) in [5.74, 6) is 3.54. The molecule has 2 bridgehead atoms. The van der Waals surface area contributed by atoms with Crippen LogP contribution in [0.5, 0.6) is 0 Å². The zero-order valence-corrected chi connectivity index (χ0v) is 10.7. The largest absolute Gasteiger partial charge is 0.368 e. The van der Waals surface area contributed by atoms with E-state index < -0.39 is 0 Å². The Bertz CT molecular complexity index is 444. The van der Waals surface area contributed by atoms with Crippen LogP contribution in [-0.2, 0) is 17.9 Å². The molecule has 3 fully saturated rings. The lowest BCUT2D eigenvalue weighted by Gasteiger charge is -2.27. The van der Waals surface area contributed by atoms with Crippen molar-refractivity contribution in [3.8, 4) is 0 Å². The Morgan fingerprint density at radius 3 is 3.28 bits per heavy atom. The van der Waals surface area contributed by atoms with E-state index in [0.29, 0.717) is 18.8 Å². The highest BCUT2D eigenvalue weighted by atomic mass is 16.5. The number of nitrogens with one attached hydrogen (secondary N) is 1. The molecule has 4 rings (SSSR count). The van der Waals surface area contributed by atoms with E-state index in [2.05, 4.69) is 22.3 Å². The van der Waals surface area contributed by atoms with E-state index in [1.54, 1.807) is 6.33 Å². The summed E-state index contributed by atoms with van der Waals surface area (Å²) in [6.07, 6.45) is 4.75. The van der Waals surface area contributed by atoms with Crippen LogP contribution in [-0.4, -0.2) is 33.5 Å². The van der Waals surface area contributed by atoms with Crippen LogP contribution in [0.2, 0.25) is 0 Å². The van der Waals surface area contributed by atoms with Crippen molar-refractivity contribution in [3.05, 3.63) is 12.2 Å². The molecule has 1 aromatic rings. The predicted molar refractivity (Wildman–Crippen MR) is 65.8 cm³/mol. The third kappa shape index (κ3) is 1.47. The molecule has 0 spiro atoms. The molecular formula is C13H20N4O. The van der Waals surface area contributed by atoms with Gasteiger partial charge in [0.2, 0.25) is 0 Å². The smallest absolute Gasteiger partial charge is 0.152 e. The van der Waals surface area contributed by atoms with Crippen LogP contribution in [0.1, 0.15) is 25.6 Å². The molecule has 5 atom stereocenters. The van der Waals surface area contributed by atoms with Crippen LogP contribution in [0.25, 0.3) is 0 Å². The first-order chi connectivity index (χ1) is 8.86. The molecule has 0 radical (unpaired) electrons. The normalized spacial score (nSPS) is 40.8. The second kappa shape index (κ2) is 4.03. The number of aryl methyl sites for hydroxylation is 1. The SMILES string of the molecule is CCn1ncnc1COC1C2CC3CNC1C3C2. The molecule has 5 nitrogen and oxygen atoms in total. The van der Waals surface area contributed by atoms with Crippen LogP contribution in [0, 0.1) is 17.8 Å². The molecule has 0 aromatic carbocycles. The Balaban J connectivity index is 1.44. The van der Waals surface area contributed by atoms with Crippen LogP contribution in [0.15, 0.2) is 6.33 Å². The maximum absolute atomic E-state index is 6.17. The number of rotatable bonds is 4. The first kappa shape index (κ1) is 10.9. The molecule has 1 aliphatic heterocycles. The van der Waals surface area contributed by atoms with Gasteiger partial charge in [0.15, 0.2) is 5.82 Å². The molecule has 98 valence electrons. The molecule has 0 amide bonds. The maximum atomic E-state index is 6.17. The van der Waals surface area contributed by atoms with Gasteiger partial charge in [-0.15, -0.1) is 0 Å². The summed E-state index contributed by atoms with van der Waals surface area (Å²) < 4.78 is 8.08. The van der Waals surface area contributed by atoms with Crippen molar-refractivity contribution >= 4 is 0 Å². The molecule has 5 unspecified atom stereocenters. The fourth-order valence-corrected chi connectivity index (χ4v) is 4.31. The van der Waals surface area contributed by atoms with Gasteiger partial charge in [0.1, 0.15) is 12.9 Å². The van der Waals surface area contributed by atoms with E-state index in [1.165, 1.54) is 19.4 Å². The lowest BCUT2D eigenvalue weighted by atomic mass is 9.88. The zero-order valence-electron chi connectivity index (χ0n) is 10.7. The number of hydrogen-bond acceptors (Lipinski definition) is 4. The summed E-state index contributed by atoms with van der Waals surface area (Å²) in [5, 5.41) is 7.84. The Labute approximate surface area is 107 Å². The lowest BCUT2D eigenvalue weighted by molar-refractivity contribution is -0.0125. The summed E-state index contributed by atoms with van der Waals surface area (Å²) in [7, 11) is 0. The van der Waals surface area contributed by atoms with Crippen LogP contribution >= 0.6 is 0 Å². The first-order valence-corrected chi connectivity index (χ1v) is 7.08. The molecule has 2 aliphatic carbocycles. The van der Waals surface area contributed by atoms with Gasteiger partial charge in [0.05, 0.1) is 6.10 Å². The van der Waals surface area contributed by atoms with Crippen molar-refractivity contribution in [2.24, 2.45) is 17.8 Å². The predicted octanol–water partition coefficient (Wildman–Crippen LogP) is 0.811. The molecule has 1 saturated heterocycles. The van der Waals surface area contributed by atoms with Gasteiger partial charge in [-0.1, -0.05) is 0 Å². The molecule has 3 aliphatic rings. The van der Waals surface area contributed by atoms with E-state index in [9.17, 15) is 0 Å². The van der Waals surface area contributed by atoms with E-state index >= 15 is 0 Å². The van der Waals surface area contributed by atoms with E-state index in [4.69, 9.17) is 4.74 Å². The van der Waals surface area contributed by atoms with Crippen molar-refractivity contribution in [2.75, 3.05) is 6.54 Å². The van der Waals surface area contributed by atoms with Crippen LogP contribution < -0.4 is 5.32 Å². The Morgan fingerprint density at radius 2 is 2.39 bits per heavy atom. The maximum Gasteiger partial charge on any atom is 0.152 e. The number of ether oxygens (including phenoxy) is 1. The van der Waals surface area contributed by atoms with Crippen molar-refractivity contribution in [1.82, 2.24) is 20.1 Å². The number of nitrogens with zero attached hydrogens (tertiary/aromatic N) is 3. The third-order valence-electron chi connectivity index (χ3n) is 5.08. The summed E-state index contributed by atoms with van der Waals surface area (Å²) in [4.78, 5) is 4.28. The van der Waals surface area contributed by atoms with Crippen molar-refractivity contribution < 1.29 is 4.74 Å². The zero-order chi connectivity index (χ0) is 12.1. The highest BCUT2D eigenvalue weighted by Crippen LogP contribution is 2.52. The topological polar surface area (TPSA) is 52.0 Å². The van der Waals surface area contributed by atoms with Crippen molar-refractivity contribution in [1.29, 1.82) is 0 Å². The molecular weight excluding hydrogens is 228 g/mol. The standard InChI is InChI=1S/C13H20N4O/c1-2-17-11(15-7-16-17)6-18-13-8-3-9-5-14-12(13)10(9)4-8/h7-10,12-14H,2-6H2,1H3. The lowest BCUT2D eigenvalue weighted by Crippen LogP contribution is -2.39. The summed E-state index contributed by atoms with van der Waals surface area (Å²) in [5.41, 5.74) is 0. The monoisotopic (exact) mass is 248 g/mol. The summed E-state index contributed by atoms with van der Waals surface area (Å²) >= 11 is 0. The van der Waals surface area contributed by atoms with E-state index in [1.807, 2.05) is 4.68 Å². The minimum atomic E-state index is 0.399. The average molecular weight is 248 g/mol. The Kier molecular flexibility index (Phi) is 2.45. The molecule has 2 heterocycles. The summed E-state index contributed by atoms with van der Waals surface area (Å²) in [6.45, 7) is 4.75. The number of fused-ring (bicyclic) bond motifs is 1. The number of aromatic nitrogens is 3. The third-order valence-corrected chi connectivity index (χ3v) is 5.08. The van der Waals surface area contributed by atoms with Gasteiger partial charge in [-0.25, -0.2) is 9.67 Å². The molecule has 2 saturated carbocycles. The Hall–Kier alpha value is -0.940. The van der Waals surface area contributed by atoms with Gasteiger partial charge >= 0.3 is 0 Å². The average Bonchev–Trinajstić information content (AvgIpc) is 3.07. The second-order valence-corrected chi connectivity index (χ2v) is 5.86. The fourth-order valence-electron chi connectivity index (χ4n) is 4.31. The number of hydrogen-bond donors (Lipinski definition) is 1. The molecule has 1 N–H and O–H groups in total. The van der Waals surface area contributed by atoms with Crippen LogP contribution in [0.3, 0.4) is 0 Å². The fraction of sp³-hybridized carbons (Fsp3) is 0.846. The van der Waals surface area contributed by atoms with E-state index in [0.717, 1.165) is 30.1 Å². The highest BCUT2D eigenvalue weighted by Gasteiger charge is 2.56. The molecule has 18 heavy (non-hydrogen) atoms. The Morgan fingerprint density at radius 1 is 1.44 bits per heavy atom. The minimum Gasteiger partial charge on any atom is -0.368 e. The highest BCUT2D eigenvalue weighted by molar-refractivity contribution is 5.10. The first-order valence-electron chi connectivity index (χ1n) is 7.08. The molecule has 1 aromatic heterocycles. The van der Waals surface area contributed by atoms with Gasteiger partial charge in [0, 0.05) is 12.6 Å². The van der Waals surface area contributed by atoms with Crippen LogP contribution in [0.4, 0.5) is 0 Å². The van der Waals surface area contributed by atoms with Crippen molar-refractivity contribution in [3.63, 3.8) is 0 Å². The van der Waals surface area contributed by atoms with Gasteiger partial charge in [-0.05, 0) is 44.1 Å². The van der Waals surface area contributed by atoms with Gasteiger partial charge in [0.25, 0.3) is 0 Å². The minimum absolute atomic E-state index is 0.399. The molecule has 5 heteroatoms.